The van der Waals surface area contributed by atoms with Crippen molar-refractivity contribution < 1.29 is 9.53 Å². The van der Waals surface area contributed by atoms with E-state index < -0.39 is 0 Å². The molecule has 5 nitrogen and oxygen atoms in total. The van der Waals surface area contributed by atoms with Crippen LogP contribution in [0.15, 0.2) is 18.3 Å². The number of carbonyl (C=O) groups excluding carboxylic acids is 1. The molecule has 0 aromatic carbocycles. The van der Waals surface area contributed by atoms with Crippen molar-refractivity contribution in [1.82, 2.24) is 9.88 Å². The first kappa shape index (κ1) is 15.3. The molecule has 0 spiro atoms. The number of pyridine rings is 1. The summed E-state index contributed by atoms with van der Waals surface area (Å²) in [6, 6.07) is 4.20. The van der Waals surface area contributed by atoms with Crippen LogP contribution in [0.1, 0.15) is 24.8 Å². The van der Waals surface area contributed by atoms with E-state index in [1.807, 2.05) is 11.1 Å². The van der Waals surface area contributed by atoms with E-state index in [1.54, 1.807) is 0 Å². The van der Waals surface area contributed by atoms with E-state index in [4.69, 9.17) is 4.74 Å². The molecule has 0 radical (unpaired) electrons. The summed E-state index contributed by atoms with van der Waals surface area (Å²) in [5.74, 6) is 1.87. The maximum Gasteiger partial charge on any atom is 0.223 e. The van der Waals surface area contributed by atoms with Gasteiger partial charge in [0, 0.05) is 38.8 Å². The Morgan fingerprint density at radius 1 is 1.23 bits per heavy atom. The number of hydrogen-bond donors (Lipinski definition) is 0. The third kappa shape index (κ3) is 3.77. The van der Waals surface area contributed by atoms with Crippen LogP contribution in [0.25, 0.3) is 0 Å². The van der Waals surface area contributed by atoms with Gasteiger partial charge in [-0.05, 0) is 37.3 Å². The summed E-state index contributed by atoms with van der Waals surface area (Å²) in [5, 5.41) is 0. The summed E-state index contributed by atoms with van der Waals surface area (Å²) in [5.41, 5.74) is 1.19. The molecule has 0 aliphatic carbocycles. The molecule has 3 rings (SSSR count). The summed E-state index contributed by atoms with van der Waals surface area (Å²) in [4.78, 5) is 21.1. The number of anilines is 1. The van der Waals surface area contributed by atoms with Crippen molar-refractivity contribution in [3.63, 3.8) is 0 Å². The Hall–Kier alpha value is -1.62. The molecular formula is C17H25N3O2. The Bertz CT molecular complexity index is 489. The quantitative estimate of drug-likeness (QED) is 0.855. The molecule has 0 atom stereocenters. The zero-order valence-electron chi connectivity index (χ0n) is 13.3. The second-order valence-corrected chi connectivity index (χ2v) is 6.32. The van der Waals surface area contributed by atoms with Gasteiger partial charge in [-0.25, -0.2) is 4.98 Å². The highest BCUT2D eigenvalue weighted by molar-refractivity contribution is 5.76. The SMILES string of the molecule is Cc1ccc(N2CCC(CC(=O)N3CCOCC3)CC2)nc1. The van der Waals surface area contributed by atoms with Gasteiger partial charge < -0.3 is 14.5 Å². The van der Waals surface area contributed by atoms with Gasteiger partial charge in [-0.1, -0.05) is 6.07 Å². The zero-order chi connectivity index (χ0) is 15.4. The van der Waals surface area contributed by atoms with Crippen molar-refractivity contribution in [3.05, 3.63) is 23.9 Å². The van der Waals surface area contributed by atoms with Gasteiger partial charge in [0.1, 0.15) is 5.82 Å². The van der Waals surface area contributed by atoms with E-state index in [0.717, 1.165) is 44.8 Å². The van der Waals surface area contributed by atoms with E-state index >= 15 is 0 Å². The molecule has 22 heavy (non-hydrogen) atoms. The first-order valence-corrected chi connectivity index (χ1v) is 8.25. The highest BCUT2D eigenvalue weighted by Gasteiger charge is 2.25. The Balaban J connectivity index is 1.47. The van der Waals surface area contributed by atoms with Crippen LogP contribution in [0.3, 0.4) is 0 Å². The first-order chi connectivity index (χ1) is 10.7. The number of rotatable bonds is 3. The van der Waals surface area contributed by atoms with Crippen LogP contribution in [0.2, 0.25) is 0 Å². The lowest BCUT2D eigenvalue weighted by Crippen LogP contribution is -2.42. The summed E-state index contributed by atoms with van der Waals surface area (Å²) in [6.45, 7) is 6.93. The normalized spacial score (nSPS) is 20.2. The molecule has 120 valence electrons. The average molecular weight is 303 g/mol. The van der Waals surface area contributed by atoms with E-state index in [9.17, 15) is 4.79 Å². The standard InChI is InChI=1S/C17H25N3O2/c1-14-2-3-16(18-13-14)19-6-4-15(5-7-19)12-17(21)20-8-10-22-11-9-20/h2-3,13,15H,4-12H2,1H3. The second-order valence-electron chi connectivity index (χ2n) is 6.32. The topological polar surface area (TPSA) is 45.7 Å². The Labute approximate surface area is 132 Å². The van der Waals surface area contributed by atoms with Gasteiger partial charge >= 0.3 is 0 Å². The van der Waals surface area contributed by atoms with Gasteiger partial charge in [-0.3, -0.25) is 4.79 Å². The van der Waals surface area contributed by atoms with Crippen molar-refractivity contribution in [3.8, 4) is 0 Å². The minimum atomic E-state index is 0.301. The van der Waals surface area contributed by atoms with Crippen LogP contribution in [0.5, 0.6) is 0 Å². The number of piperidine rings is 1. The molecule has 3 heterocycles. The van der Waals surface area contributed by atoms with Crippen molar-refractivity contribution in [2.24, 2.45) is 5.92 Å². The molecule has 2 aliphatic heterocycles. The van der Waals surface area contributed by atoms with Gasteiger partial charge in [0.25, 0.3) is 0 Å². The third-order valence-corrected chi connectivity index (χ3v) is 4.66. The van der Waals surface area contributed by atoms with Crippen molar-refractivity contribution in [2.45, 2.75) is 26.2 Å². The number of ether oxygens (including phenoxy) is 1. The summed E-state index contributed by atoms with van der Waals surface area (Å²) < 4.78 is 5.30. The molecule has 0 bridgehead atoms. The molecule has 1 amide bonds. The van der Waals surface area contributed by atoms with Crippen LogP contribution in [0.4, 0.5) is 5.82 Å². The highest BCUT2D eigenvalue weighted by Crippen LogP contribution is 2.24. The van der Waals surface area contributed by atoms with Crippen LogP contribution in [-0.4, -0.2) is 55.2 Å². The van der Waals surface area contributed by atoms with Crippen molar-refractivity contribution in [1.29, 1.82) is 0 Å². The van der Waals surface area contributed by atoms with Gasteiger partial charge in [0.15, 0.2) is 0 Å². The fourth-order valence-corrected chi connectivity index (χ4v) is 3.20. The number of aromatic nitrogens is 1. The number of nitrogens with zero attached hydrogens (tertiary/aromatic N) is 3. The molecule has 5 heteroatoms. The Morgan fingerprint density at radius 2 is 1.95 bits per heavy atom. The minimum absolute atomic E-state index is 0.301. The van der Waals surface area contributed by atoms with Crippen LogP contribution >= 0.6 is 0 Å². The van der Waals surface area contributed by atoms with E-state index in [2.05, 4.69) is 28.9 Å². The lowest BCUT2D eigenvalue weighted by molar-refractivity contribution is -0.136. The van der Waals surface area contributed by atoms with E-state index in [-0.39, 0.29) is 0 Å². The predicted octanol–water partition coefficient (Wildman–Crippen LogP) is 1.86. The lowest BCUT2D eigenvalue weighted by atomic mass is 9.93. The Kier molecular flexibility index (Phi) is 4.93. The van der Waals surface area contributed by atoms with Crippen LogP contribution in [-0.2, 0) is 9.53 Å². The number of amides is 1. The summed E-state index contributed by atoms with van der Waals surface area (Å²) in [7, 11) is 0. The molecule has 2 aliphatic rings. The molecular weight excluding hydrogens is 278 g/mol. The average Bonchev–Trinajstić information content (AvgIpc) is 2.57. The zero-order valence-corrected chi connectivity index (χ0v) is 13.3. The first-order valence-electron chi connectivity index (χ1n) is 8.25. The maximum atomic E-state index is 12.3. The highest BCUT2D eigenvalue weighted by atomic mass is 16.5. The smallest absolute Gasteiger partial charge is 0.223 e. The number of carbonyl (C=O) groups is 1. The van der Waals surface area contributed by atoms with Gasteiger partial charge in [0.2, 0.25) is 5.91 Å². The fourth-order valence-electron chi connectivity index (χ4n) is 3.20. The van der Waals surface area contributed by atoms with Gasteiger partial charge in [-0.2, -0.15) is 0 Å². The summed E-state index contributed by atoms with van der Waals surface area (Å²) in [6.07, 6.45) is 4.76. The molecule has 2 fully saturated rings. The fraction of sp³-hybridized carbons (Fsp3) is 0.647. The summed E-state index contributed by atoms with van der Waals surface area (Å²) >= 11 is 0. The minimum Gasteiger partial charge on any atom is -0.378 e. The van der Waals surface area contributed by atoms with Crippen LogP contribution in [0, 0.1) is 12.8 Å². The van der Waals surface area contributed by atoms with Gasteiger partial charge in [0.05, 0.1) is 13.2 Å². The molecule has 0 saturated carbocycles. The monoisotopic (exact) mass is 303 g/mol. The lowest BCUT2D eigenvalue weighted by Gasteiger charge is -2.34. The largest absolute Gasteiger partial charge is 0.378 e. The molecule has 0 N–H and O–H groups in total. The second kappa shape index (κ2) is 7.09. The molecule has 1 aromatic rings. The number of aryl methyl sites for hydroxylation is 1. The number of morpholine rings is 1. The van der Waals surface area contributed by atoms with Crippen molar-refractivity contribution >= 4 is 11.7 Å². The Morgan fingerprint density at radius 3 is 2.59 bits per heavy atom. The molecule has 0 unspecified atom stereocenters. The van der Waals surface area contributed by atoms with Crippen LogP contribution < -0.4 is 4.90 Å². The maximum absolute atomic E-state index is 12.3. The van der Waals surface area contributed by atoms with E-state index in [0.29, 0.717) is 31.5 Å². The molecule has 1 aromatic heterocycles. The molecule has 2 saturated heterocycles. The van der Waals surface area contributed by atoms with Gasteiger partial charge in [-0.15, -0.1) is 0 Å². The number of hydrogen-bond acceptors (Lipinski definition) is 4. The predicted molar refractivity (Wildman–Crippen MR) is 85.9 cm³/mol. The third-order valence-electron chi connectivity index (χ3n) is 4.66. The van der Waals surface area contributed by atoms with Crippen molar-refractivity contribution in [2.75, 3.05) is 44.3 Å². The van der Waals surface area contributed by atoms with E-state index in [1.165, 1.54) is 5.56 Å².